The van der Waals surface area contributed by atoms with Gasteiger partial charge in [-0.25, -0.2) is 14.5 Å². The Balaban J connectivity index is 1.63. The molecule has 3 aromatic rings. The number of methoxy groups -OCH3 is 1. The second-order valence-corrected chi connectivity index (χ2v) is 7.11. The standard InChI is InChI=1S/C19H20ClN5O3/c1-28-14-4-2-12(3-5-14)10-25-18-16(15(20)6-8-21-18)17(23-25)22-13-7-9-24(11-13)19(26)27/h2-6,8,13H,7,9-11H2,1H3,(H,22,23)(H,26,27). The molecule has 0 radical (unpaired) electrons. The lowest BCUT2D eigenvalue weighted by atomic mass is 10.2. The number of benzene rings is 1. The average molecular weight is 402 g/mol. The zero-order valence-electron chi connectivity index (χ0n) is 15.3. The number of amides is 1. The van der Waals surface area contributed by atoms with Gasteiger partial charge in [0.2, 0.25) is 0 Å². The van der Waals surface area contributed by atoms with Gasteiger partial charge in [-0.1, -0.05) is 23.7 Å². The molecule has 1 saturated heterocycles. The van der Waals surface area contributed by atoms with E-state index in [-0.39, 0.29) is 6.04 Å². The minimum Gasteiger partial charge on any atom is -0.497 e. The van der Waals surface area contributed by atoms with Gasteiger partial charge in [0, 0.05) is 25.3 Å². The number of pyridine rings is 1. The summed E-state index contributed by atoms with van der Waals surface area (Å²) >= 11 is 6.43. The second-order valence-electron chi connectivity index (χ2n) is 6.70. The minimum absolute atomic E-state index is 0.0140. The van der Waals surface area contributed by atoms with E-state index in [1.54, 1.807) is 24.1 Å². The van der Waals surface area contributed by atoms with E-state index in [9.17, 15) is 4.79 Å². The van der Waals surface area contributed by atoms with Gasteiger partial charge in [-0.3, -0.25) is 0 Å². The SMILES string of the molecule is COc1ccc(Cn2nc(NC3CCN(C(=O)O)C3)c3c(Cl)ccnc32)cc1. The number of anilines is 1. The molecule has 1 aliphatic rings. The number of ether oxygens (including phenoxy) is 1. The highest BCUT2D eigenvalue weighted by atomic mass is 35.5. The largest absolute Gasteiger partial charge is 0.497 e. The van der Waals surface area contributed by atoms with Crippen molar-refractivity contribution in [2.24, 2.45) is 0 Å². The molecular weight excluding hydrogens is 382 g/mol. The Morgan fingerprint density at radius 1 is 1.36 bits per heavy atom. The lowest BCUT2D eigenvalue weighted by molar-refractivity contribution is 0.155. The number of nitrogens with zero attached hydrogens (tertiary/aromatic N) is 4. The molecule has 1 aromatic carbocycles. The molecule has 2 aromatic heterocycles. The number of hydrogen-bond acceptors (Lipinski definition) is 5. The summed E-state index contributed by atoms with van der Waals surface area (Å²) < 4.78 is 7.00. The number of carbonyl (C=O) groups is 1. The second kappa shape index (κ2) is 7.55. The molecule has 0 bridgehead atoms. The van der Waals surface area contributed by atoms with E-state index in [1.807, 2.05) is 24.3 Å². The van der Waals surface area contributed by atoms with Crippen molar-refractivity contribution < 1.29 is 14.6 Å². The van der Waals surface area contributed by atoms with Crippen molar-refractivity contribution in [3.63, 3.8) is 0 Å². The van der Waals surface area contributed by atoms with Crippen molar-refractivity contribution in [2.75, 3.05) is 25.5 Å². The third-order valence-corrected chi connectivity index (χ3v) is 5.19. The molecule has 1 aliphatic heterocycles. The number of rotatable bonds is 5. The molecule has 1 atom stereocenters. The normalized spacial score (nSPS) is 16.5. The third-order valence-electron chi connectivity index (χ3n) is 4.87. The van der Waals surface area contributed by atoms with Crippen molar-refractivity contribution in [3.8, 4) is 5.75 Å². The van der Waals surface area contributed by atoms with Gasteiger partial charge in [0.05, 0.1) is 24.1 Å². The summed E-state index contributed by atoms with van der Waals surface area (Å²) in [5, 5.41) is 18.5. The van der Waals surface area contributed by atoms with Crippen molar-refractivity contribution in [1.29, 1.82) is 0 Å². The van der Waals surface area contributed by atoms with Crippen LogP contribution in [0.5, 0.6) is 5.75 Å². The van der Waals surface area contributed by atoms with Crippen LogP contribution in [0, 0.1) is 0 Å². The Kier molecular flexibility index (Phi) is 4.95. The van der Waals surface area contributed by atoms with Crippen molar-refractivity contribution >= 4 is 34.5 Å². The number of aromatic nitrogens is 3. The first-order valence-corrected chi connectivity index (χ1v) is 9.31. The van der Waals surface area contributed by atoms with Crippen LogP contribution < -0.4 is 10.1 Å². The number of carboxylic acid groups (broad SMARTS) is 1. The fraction of sp³-hybridized carbons (Fsp3) is 0.316. The molecule has 1 unspecified atom stereocenters. The zero-order valence-corrected chi connectivity index (χ0v) is 16.1. The summed E-state index contributed by atoms with van der Waals surface area (Å²) in [6, 6.07) is 9.48. The highest BCUT2D eigenvalue weighted by Gasteiger charge is 2.27. The van der Waals surface area contributed by atoms with Gasteiger partial charge in [0.15, 0.2) is 11.5 Å². The fourth-order valence-electron chi connectivity index (χ4n) is 3.42. The Morgan fingerprint density at radius 2 is 2.14 bits per heavy atom. The molecule has 0 aliphatic carbocycles. The fourth-order valence-corrected chi connectivity index (χ4v) is 3.65. The maximum Gasteiger partial charge on any atom is 0.407 e. The molecule has 1 fully saturated rings. The predicted octanol–water partition coefficient (Wildman–Crippen LogP) is 3.31. The van der Waals surface area contributed by atoms with Gasteiger partial charge in [-0.05, 0) is 30.2 Å². The maximum atomic E-state index is 11.2. The summed E-state index contributed by atoms with van der Waals surface area (Å²) in [5.74, 6) is 1.42. The third kappa shape index (κ3) is 3.55. The first kappa shape index (κ1) is 18.4. The van der Waals surface area contributed by atoms with Crippen molar-refractivity contribution in [3.05, 3.63) is 47.1 Å². The van der Waals surface area contributed by atoms with Gasteiger partial charge in [-0.15, -0.1) is 0 Å². The number of hydrogen-bond donors (Lipinski definition) is 2. The Bertz CT molecular complexity index is 1000. The average Bonchev–Trinajstić information content (AvgIpc) is 3.29. The Labute approximate surface area is 166 Å². The predicted molar refractivity (Wildman–Crippen MR) is 106 cm³/mol. The molecule has 9 heteroatoms. The summed E-state index contributed by atoms with van der Waals surface area (Å²) in [6.07, 6.45) is 1.47. The van der Waals surface area contributed by atoms with E-state index in [0.29, 0.717) is 36.1 Å². The molecule has 3 heterocycles. The van der Waals surface area contributed by atoms with E-state index in [2.05, 4.69) is 15.4 Å². The van der Waals surface area contributed by atoms with Gasteiger partial charge < -0.3 is 20.1 Å². The Morgan fingerprint density at radius 3 is 2.82 bits per heavy atom. The summed E-state index contributed by atoms with van der Waals surface area (Å²) in [6.45, 7) is 1.45. The van der Waals surface area contributed by atoms with Gasteiger partial charge in [0.1, 0.15) is 5.75 Å². The van der Waals surface area contributed by atoms with E-state index in [4.69, 9.17) is 21.4 Å². The molecule has 1 amide bonds. The number of nitrogens with one attached hydrogen (secondary N) is 1. The van der Waals surface area contributed by atoms with Gasteiger partial charge >= 0.3 is 6.09 Å². The van der Waals surface area contributed by atoms with E-state index in [0.717, 1.165) is 23.1 Å². The van der Waals surface area contributed by atoms with Gasteiger partial charge in [0.25, 0.3) is 0 Å². The smallest absolute Gasteiger partial charge is 0.407 e. The van der Waals surface area contributed by atoms with Crippen molar-refractivity contribution in [1.82, 2.24) is 19.7 Å². The molecule has 0 spiro atoms. The Hall–Kier alpha value is -3.00. The lowest BCUT2D eigenvalue weighted by Crippen LogP contribution is -2.30. The summed E-state index contributed by atoms with van der Waals surface area (Å²) in [4.78, 5) is 17.0. The van der Waals surface area contributed by atoms with Crippen LogP contribution in [0.25, 0.3) is 11.0 Å². The maximum absolute atomic E-state index is 11.2. The first-order chi connectivity index (χ1) is 13.5. The molecule has 146 valence electrons. The van der Waals surface area contributed by atoms with Crippen LogP contribution in [0.2, 0.25) is 5.02 Å². The molecule has 4 rings (SSSR count). The molecular formula is C19H20ClN5O3. The van der Waals surface area contributed by atoms with Crippen LogP contribution in [0.15, 0.2) is 36.5 Å². The van der Waals surface area contributed by atoms with E-state index in [1.165, 1.54) is 4.90 Å². The number of halogens is 1. The van der Waals surface area contributed by atoms with E-state index < -0.39 is 6.09 Å². The highest BCUT2D eigenvalue weighted by molar-refractivity contribution is 6.36. The van der Waals surface area contributed by atoms with Crippen LogP contribution >= 0.6 is 11.6 Å². The minimum atomic E-state index is -0.904. The summed E-state index contributed by atoms with van der Waals surface area (Å²) in [7, 11) is 1.63. The van der Waals surface area contributed by atoms with Crippen LogP contribution in [0.4, 0.5) is 10.6 Å². The molecule has 0 saturated carbocycles. The number of fused-ring (bicyclic) bond motifs is 1. The monoisotopic (exact) mass is 401 g/mol. The topological polar surface area (TPSA) is 92.5 Å². The van der Waals surface area contributed by atoms with Crippen LogP contribution in [-0.4, -0.2) is 57.1 Å². The number of likely N-dealkylation sites (tertiary alicyclic amines) is 1. The molecule has 28 heavy (non-hydrogen) atoms. The first-order valence-electron chi connectivity index (χ1n) is 8.93. The quantitative estimate of drug-likeness (QED) is 0.681. The summed E-state index contributed by atoms with van der Waals surface area (Å²) in [5.41, 5.74) is 1.73. The van der Waals surface area contributed by atoms with Crippen molar-refractivity contribution in [2.45, 2.75) is 19.0 Å². The van der Waals surface area contributed by atoms with Crippen LogP contribution in [-0.2, 0) is 6.54 Å². The van der Waals surface area contributed by atoms with Gasteiger partial charge in [-0.2, -0.15) is 5.10 Å². The highest BCUT2D eigenvalue weighted by Crippen LogP contribution is 2.30. The molecule has 2 N–H and O–H groups in total. The molecule has 8 nitrogen and oxygen atoms in total. The van der Waals surface area contributed by atoms with Crippen LogP contribution in [0.3, 0.4) is 0 Å². The lowest BCUT2D eigenvalue weighted by Gasteiger charge is -2.13. The van der Waals surface area contributed by atoms with Crippen LogP contribution in [0.1, 0.15) is 12.0 Å². The van der Waals surface area contributed by atoms with E-state index >= 15 is 0 Å². The zero-order chi connectivity index (χ0) is 19.7.